The van der Waals surface area contributed by atoms with Crippen molar-refractivity contribution in [3.63, 3.8) is 0 Å². The van der Waals surface area contributed by atoms with E-state index < -0.39 is 5.54 Å². The standard InChI is InChI=1S/C25H24FN3O2/c1-25(20-9-8-18-4-2-3-5-19(18)14-20)23(30)29(24(31)27-25)16-28(22-12-13-22)15-17-6-10-21(26)11-7-17/h2-11,14,22H,12-13,15-16H2,1H3,(H,27,31). The number of imide groups is 1. The zero-order valence-corrected chi connectivity index (χ0v) is 17.3. The normalized spacial score (nSPS) is 21.2. The number of carbonyl (C=O) groups excluding carboxylic acids is 2. The number of amides is 3. The van der Waals surface area contributed by atoms with Gasteiger partial charge in [-0.1, -0.05) is 48.5 Å². The number of hydrogen-bond acceptors (Lipinski definition) is 3. The second kappa shape index (κ2) is 7.46. The van der Waals surface area contributed by atoms with Crippen LogP contribution in [0.3, 0.4) is 0 Å². The molecular formula is C25H24FN3O2. The van der Waals surface area contributed by atoms with Crippen LogP contribution in [0.1, 0.15) is 30.9 Å². The lowest BCUT2D eigenvalue weighted by Crippen LogP contribution is -2.44. The quantitative estimate of drug-likeness (QED) is 0.606. The summed E-state index contributed by atoms with van der Waals surface area (Å²) in [5.41, 5.74) is 0.618. The first kappa shape index (κ1) is 19.7. The molecule has 1 saturated carbocycles. The van der Waals surface area contributed by atoms with E-state index in [1.807, 2.05) is 42.5 Å². The lowest BCUT2D eigenvalue weighted by Gasteiger charge is -2.27. The first-order valence-corrected chi connectivity index (χ1v) is 10.6. The van der Waals surface area contributed by atoms with Crippen molar-refractivity contribution in [3.8, 4) is 0 Å². The highest BCUT2D eigenvalue weighted by molar-refractivity contribution is 6.07. The Morgan fingerprint density at radius 1 is 1.03 bits per heavy atom. The lowest BCUT2D eigenvalue weighted by molar-refractivity contribution is -0.132. The van der Waals surface area contributed by atoms with Crippen LogP contribution in [-0.4, -0.2) is 34.4 Å². The molecule has 31 heavy (non-hydrogen) atoms. The minimum Gasteiger partial charge on any atom is -0.319 e. The fourth-order valence-electron chi connectivity index (χ4n) is 4.26. The molecule has 6 heteroatoms. The molecule has 3 aromatic rings. The van der Waals surface area contributed by atoms with Gasteiger partial charge in [0.15, 0.2) is 0 Å². The number of hydrogen-bond donors (Lipinski definition) is 1. The Kier molecular flexibility index (Phi) is 4.74. The maximum absolute atomic E-state index is 13.4. The van der Waals surface area contributed by atoms with Gasteiger partial charge in [0.1, 0.15) is 11.4 Å². The number of nitrogens with zero attached hydrogens (tertiary/aromatic N) is 2. The summed E-state index contributed by atoms with van der Waals surface area (Å²) in [6.45, 7) is 2.54. The number of carbonyl (C=O) groups is 2. The van der Waals surface area contributed by atoms with Gasteiger partial charge in [0.25, 0.3) is 5.91 Å². The summed E-state index contributed by atoms with van der Waals surface area (Å²) in [5.74, 6) is -0.528. The van der Waals surface area contributed by atoms with Crippen molar-refractivity contribution in [1.82, 2.24) is 15.1 Å². The summed E-state index contributed by atoms with van der Waals surface area (Å²) in [7, 11) is 0. The smallest absolute Gasteiger partial charge is 0.319 e. The molecule has 0 radical (unpaired) electrons. The molecule has 1 N–H and O–H groups in total. The van der Waals surface area contributed by atoms with Crippen molar-refractivity contribution in [3.05, 3.63) is 83.7 Å². The third-order valence-corrected chi connectivity index (χ3v) is 6.29. The van der Waals surface area contributed by atoms with Gasteiger partial charge < -0.3 is 5.32 Å². The molecule has 1 heterocycles. The highest BCUT2D eigenvalue weighted by Gasteiger charge is 2.50. The number of halogens is 1. The Hall–Kier alpha value is -3.25. The molecule has 1 aliphatic heterocycles. The summed E-state index contributed by atoms with van der Waals surface area (Å²) >= 11 is 0. The van der Waals surface area contributed by atoms with Crippen LogP contribution in [-0.2, 0) is 16.9 Å². The van der Waals surface area contributed by atoms with E-state index in [1.165, 1.54) is 17.0 Å². The summed E-state index contributed by atoms with van der Waals surface area (Å²) in [6.07, 6.45) is 2.07. The Bertz CT molecular complexity index is 1160. The Morgan fingerprint density at radius 3 is 2.45 bits per heavy atom. The summed E-state index contributed by atoms with van der Waals surface area (Å²) in [4.78, 5) is 29.7. The summed E-state index contributed by atoms with van der Waals surface area (Å²) in [5, 5.41) is 5.02. The van der Waals surface area contributed by atoms with E-state index in [1.54, 1.807) is 19.1 Å². The van der Waals surface area contributed by atoms with Gasteiger partial charge in [0.05, 0.1) is 6.67 Å². The highest BCUT2D eigenvalue weighted by Crippen LogP contribution is 2.33. The second-order valence-electron chi connectivity index (χ2n) is 8.60. The predicted molar refractivity (Wildman–Crippen MR) is 117 cm³/mol. The van der Waals surface area contributed by atoms with Gasteiger partial charge in [-0.05, 0) is 59.9 Å². The van der Waals surface area contributed by atoms with Crippen LogP contribution in [0.25, 0.3) is 10.8 Å². The first-order valence-electron chi connectivity index (χ1n) is 10.6. The van der Waals surface area contributed by atoms with Gasteiger partial charge in [-0.25, -0.2) is 14.1 Å². The van der Waals surface area contributed by atoms with Crippen LogP contribution in [0.4, 0.5) is 9.18 Å². The van der Waals surface area contributed by atoms with Crippen LogP contribution in [0.5, 0.6) is 0 Å². The van der Waals surface area contributed by atoms with Crippen LogP contribution in [0.2, 0.25) is 0 Å². The summed E-state index contributed by atoms with van der Waals surface area (Å²) < 4.78 is 13.2. The fourth-order valence-corrected chi connectivity index (χ4v) is 4.26. The Labute approximate surface area is 180 Å². The number of fused-ring (bicyclic) bond motifs is 1. The largest absolute Gasteiger partial charge is 0.326 e. The summed E-state index contributed by atoms with van der Waals surface area (Å²) in [6, 6.07) is 20.1. The third kappa shape index (κ3) is 3.68. The molecule has 0 aromatic heterocycles. The second-order valence-corrected chi connectivity index (χ2v) is 8.60. The molecule has 0 spiro atoms. The van der Waals surface area contributed by atoms with E-state index in [4.69, 9.17) is 0 Å². The minimum atomic E-state index is -1.10. The monoisotopic (exact) mass is 417 g/mol. The highest BCUT2D eigenvalue weighted by atomic mass is 19.1. The molecule has 3 aromatic carbocycles. The van der Waals surface area contributed by atoms with Crippen molar-refractivity contribution in [1.29, 1.82) is 0 Å². The van der Waals surface area contributed by atoms with Crippen LogP contribution in [0.15, 0.2) is 66.7 Å². The molecular weight excluding hydrogens is 393 g/mol. The zero-order valence-electron chi connectivity index (χ0n) is 17.3. The van der Waals surface area contributed by atoms with E-state index in [0.29, 0.717) is 12.6 Å². The number of rotatable bonds is 6. The SMILES string of the molecule is CC1(c2ccc3ccccc3c2)NC(=O)N(CN(Cc2ccc(F)cc2)C2CC2)C1=O. The first-order chi connectivity index (χ1) is 14.9. The van der Waals surface area contributed by atoms with Crippen molar-refractivity contribution >= 4 is 22.7 Å². The van der Waals surface area contributed by atoms with Gasteiger partial charge in [0.2, 0.25) is 0 Å². The molecule has 5 rings (SSSR count). The Balaban J connectivity index is 1.38. The maximum Gasteiger partial charge on any atom is 0.326 e. The van der Waals surface area contributed by atoms with Gasteiger partial charge in [-0.15, -0.1) is 0 Å². The van der Waals surface area contributed by atoms with Gasteiger partial charge in [0, 0.05) is 12.6 Å². The molecule has 1 saturated heterocycles. The molecule has 0 bridgehead atoms. The van der Waals surface area contributed by atoms with Crippen molar-refractivity contribution in [2.24, 2.45) is 0 Å². The minimum absolute atomic E-state index is 0.218. The fraction of sp³-hybridized carbons (Fsp3) is 0.280. The zero-order chi connectivity index (χ0) is 21.6. The van der Waals surface area contributed by atoms with E-state index in [9.17, 15) is 14.0 Å². The maximum atomic E-state index is 13.4. The van der Waals surface area contributed by atoms with E-state index in [-0.39, 0.29) is 24.4 Å². The van der Waals surface area contributed by atoms with Crippen LogP contribution in [0, 0.1) is 5.82 Å². The molecule has 1 aliphatic carbocycles. The predicted octanol–water partition coefficient (Wildman–Crippen LogP) is 4.37. The number of benzene rings is 3. The molecule has 158 valence electrons. The number of urea groups is 1. The van der Waals surface area contributed by atoms with Crippen LogP contribution < -0.4 is 5.32 Å². The number of nitrogens with one attached hydrogen (secondary N) is 1. The van der Waals surface area contributed by atoms with Crippen molar-refractivity contribution in [2.45, 2.75) is 37.9 Å². The topological polar surface area (TPSA) is 52.7 Å². The molecule has 3 amide bonds. The van der Waals surface area contributed by atoms with Gasteiger partial charge in [-0.2, -0.15) is 0 Å². The van der Waals surface area contributed by atoms with Crippen LogP contribution >= 0.6 is 0 Å². The van der Waals surface area contributed by atoms with Crippen molar-refractivity contribution < 1.29 is 14.0 Å². The van der Waals surface area contributed by atoms with Gasteiger partial charge >= 0.3 is 6.03 Å². The van der Waals surface area contributed by atoms with E-state index in [0.717, 1.165) is 34.7 Å². The molecule has 5 nitrogen and oxygen atoms in total. The average molecular weight is 417 g/mol. The lowest BCUT2D eigenvalue weighted by atomic mass is 9.90. The van der Waals surface area contributed by atoms with Crippen molar-refractivity contribution in [2.75, 3.05) is 6.67 Å². The average Bonchev–Trinajstić information content (AvgIpc) is 3.59. The molecule has 1 atom stereocenters. The van der Waals surface area contributed by atoms with E-state index in [2.05, 4.69) is 10.2 Å². The van der Waals surface area contributed by atoms with Gasteiger partial charge in [-0.3, -0.25) is 9.69 Å². The molecule has 2 aliphatic rings. The third-order valence-electron chi connectivity index (χ3n) is 6.29. The molecule has 1 unspecified atom stereocenters. The Morgan fingerprint density at radius 2 is 1.74 bits per heavy atom. The van der Waals surface area contributed by atoms with E-state index >= 15 is 0 Å². The molecule has 2 fully saturated rings.